The molecule has 0 spiro atoms. The highest BCUT2D eigenvalue weighted by Gasteiger charge is 2.19. The van der Waals surface area contributed by atoms with E-state index >= 15 is 0 Å². The first-order valence-electron chi connectivity index (χ1n) is 9.29. The van der Waals surface area contributed by atoms with Crippen LogP contribution in [0.4, 0.5) is 27.0 Å². The molecule has 0 radical (unpaired) electrons. The van der Waals surface area contributed by atoms with E-state index in [-0.39, 0.29) is 5.95 Å². The Balaban J connectivity index is 1.88. The predicted molar refractivity (Wildman–Crippen MR) is 113 cm³/mol. The molecule has 0 fully saturated rings. The number of para-hydroxylation sites is 1. The normalized spacial score (nSPS) is 10.8. The second-order valence-corrected chi connectivity index (χ2v) is 7.49. The predicted octanol–water partition coefficient (Wildman–Crippen LogP) is 3.71. The van der Waals surface area contributed by atoms with Crippen LogP contribution < -0.4 is 16.0 Å². The van der Waals surface area contributed by atoms with Crippen molar-refractivity contribution < 1.29 is 14.3 Å². The summed E-state index contributed by atoms with van der Waals surface area (Å²) in [6.45, 7) is 8.16. The third-order valence-corrected chi connectivity index (χ3v) is 3.57. The van der Waals surface area contributed by atoms with Gasteiger partial charge in [-0.15, -0.1) is 0 Å². The molecule has 3 amide bonds. The first kappa shape index (κ1) is 21.9. The van der Waals surface area contributed by atoms with Crippen molar-refractivity contribution in [2.45, 2.75) is 33.3 Å². The number of aryl methyl sites for hydroxylation is 1. The van der Waals surface area contributed by atoms with Gasteiger partial charge in [-0.1, -0.05) is 18.2 Å². The largest absolute Gasteiger partial charge is 0.444 e. The number of hydrogen-bond acceptors (Lipinski definition) is 6. The molecule has 2 rings (SSSR count). The van der Waals surface area contributed by atoms with Crippen LogP contribution in [-0.2, 0) is 4.74 Å². The van der Waals surface area contributed by atoms with Gasteiger partial charge in [0.05, 0.1) is 0 Å². The Morgan fingerprint density at radius 1 is 1.10 bits per heavy atom. The average molecular weight is 400 g/mol. The van der Waals surface area contributed by atoms with Gasteiger partial charge in [0.15, 0.2) is 0 Å². The lowest BCUT2D eigenvalue weighted by Crippen LogP contribution is -2.36. The summed E-state index contributed by atoms with van der Waals surface area (Å²) in [5, 5.41) is 8.45. The molecule has 0 saturated carbocycles. The maximum atomic E-state index is 12.1. The molecule has 29 heavy (non-hydrogen) atoms. The van der Waals surface area contributed by atoms with Crippen LogP contribution in [-0.4, -0.2) is 52.7 Å². The number of urea groups is 1. The number of carbonyl (C=O) groups is 2. The molecular formula is C20H28N6O3. The van der Waals surface area contributed by atoms with Crippen molar-refractivity contribution in [3.05, 3.63) is 42.1 Å². The van der Waals surface area contributed by atoms with Crippen molar-refractivity contribution in [3.8, 4) is 0 Å². The minimum atomic E-state index is -0.538. The fourth-order valence-electron chi connectivity index (χ4n) is 2.28. The highest BCUT2D eigenvalue weighted by Crippen LogP contribution is 2.12. The number of nitrogens with zero attached hydrogens (tertiary/aromatic N) is 3. The maximum absolute atomic E-state index is 12.1. The second kappa shape index (κ2) is 9.72. The minimum Gasteiger partial charge on any atom is -0.444 e. The molecule has 2 aromatic rings. The molecule has 0 unspecified atom stereocenters. The van der Waals surface area contributed by atoms with Crippen LogP contribution in [0.2, 0.25) is 0 Å². The smallest absolute Gasteiger partial charge is 0.410 e. The van der Waals surface area contributed by atoms with E-state index in [1.165, 1.54) is 4.90 Å². The fourth-order valence-corrected chi connectivity index (χ4v) is 2.28. The summed E-state index contributed by atoms with van der Waals surface area (Å²) in [5.41, 5.74) is 0.822. The Hall–Kier alpha value is -3.36. The van der Waals surface area contributed by atoms with Crippen molar-refractivity contribution in [1.29, 1.82) is 0 Å². The number of anilines is 3. The zero-order valence-electron chi connectivity index (χ0n) is 17.4. The summed E-state index contributed by atoms with van der Waals surface area (Å²) in [6, 6.07) is 10.4. The summed E-state index contributed by atoms with van der Waals surface area (Å²) in [6.07, 6.45) is -0.391. The van der Waals surface area contributed by atoms with Gasteiger partial charge in [-0.3, -0.25) is 5.32 Å². The number of likely N-dealkylation sites (N-methyl/N-ethyl adjacent to an activating group) is 1. The Kier molecular flexibility index (Phi) is 7.35. The van der Waals surface area contributed by atoms with E-state index in [2.05, 4.69) is 25.9 Å². The maximum Gasteiger partial charge on any atom is 0.410 e. The van der Waals surface area contributed by atoms with E-state index in [1.54, 1.807) is 32.2 Å². The number of nitrogens with one attached hydrogen (secondary N) is 3. The van der Waals surface area contributed by atoms with E-state index in [9.17, 15) is 9.59 Å². The fraction of sp³-hybridized carbons (Fsp3) is 0.400. The summed E-state index contributed by atoms with van der Waals surface area (Å²) >= 11 is 0. The Morgan fingerprint density at radius 2 is 1.79 bits per heavy atom. The highest BCUT2D eigenvalue weighted by molar-refractivity contribution is 5.98. The van der Waals surface area contributed by atoms with Crippen LogP contribution in [0.3, 0.4) is 0 Å². The molecular weight excluding hydrogens is 372 g/mol. The third-order valence-electron chi connectivity index (χ3n) is 3.57. The lowest BCUT2D eigenvalue weighted by atomic mass is 10.2. The van der Waals surface area contributed by atoms with Crippen LogP contribution in [0, 0.1) is 6.92 Å². The van der Waals surface area contributed by atoms with Crippen molar-refractivity contribution in [1.82, 2.24) is 14.9 Å². The van der Waals surface area contributed by atoms with Crippen molar-refractivity contribution >= 4 is 29.6 Å². The van der Waals surface area contributed by atoms with E-state index < -0.39 is 17.7 Å². The summed E-state index contributed by atoms with van der Waals surface area (Å²) < 4.78 is 5.31. The van der Waals surface area contributed by atoms with E-state index in [0.717, 1.165) is 0 Å². The van der Waals surface area contributed by atoms with Gasteiger partial charge in [-0.05, 0) is 39.8 Å². The first-order valence-corrected chi connectivity index (χ1v) is 9.29. The van der Waals surface area contributed by atoms with Crippen LogP contribution in [0.25, 0.3) is 0 Å². The lowest BCUT2D eigenvalue weighted by Gasteiger charge is -2.24. The molecule has 0 bridgehead atoms. The number of amides is 3. The van der Waals surface area contributed by atoms with Gasteiger partial charge >= 0.3 is 12.1 Å². The molecule has 156 valence electrons. The van der Waals surface area contributed by atoms with Crippen LogP contribution in [0.5, 0.6) is 0 Å². The molecule has 1 aromatic heterocycles. The van der Waals surface area contributed by atoms with E-state index in [0.29, 0.717) is 30.3 Å². The summed E-state index contributed by atoms with van der Waals surface area (Å²) in [7, 11) is 1.67. The number of benzene rings is 1. The topological polar surface area (TPSA) is 108 Å². The van der Waals surface area contributed by atoms with Crippen LogP contribution >= 0.6 is 0 Å². The van der Waals surface area contributed by atoms with Crippen molar-refractivity contribution in [2.24, 2.45) is 0 Å². The van der Waals surface area contributed by atoms with Crippen molar-refractivity contribution in [3.63, 3.8) is 0 Å². The Bertz CT molecular complexity index is 836. The van der Waals surface area contributed by atoms with Crippen LogP contribution in [0.1, 0.15) is 26.5 Å². The number of aromatic nitrogens is 2. The molecule has 0 aliphatic carbocycles. The standard InChI is InChI=1S/C20H28N6O3/c1-14-13-16(21-11-12-26(5)19(28)29-20(2,3)4)24-17(22-14)25-18(27)23-15-9-7-6-8-10-15/h6-10,13H,11-12H2,1-5H3,(H3,21,22,23,24,25,27). The number of ether oxygens (including phenoxy) is 1. The first-order chi connectivity index (χ1) is 13.6. The summed E-state index contributed by atoms with van der Waals surface area (Å²) in [4.78, 5) is 34.1. The third kappa shape index (κ3) is 8.04. The molecule has 0 aliphatic rings. The lowest BCUT2D eigenvalue weighted by molar-refractivity contribution is 0.0305. The Morgan fingerprint density at radius 3 is 2.45 bits per heavy atom. The number of hydrogen-bond donors (Lipinski definition) is 3. The van der Waals surface area contributed by atoms with Crippen molar-refractivity contribution in [2.75, 3.05) is 36.1 Å². The molecule has 9 heteroatoms. The van der Waals surface area contributed by atoms with Gasteiger partial charge in [-0.2, -0.15) is 4.98 Å². The summed E-state index contributed by atoms with van der Waals surface area (Å²) in [5.74, 6) is 0.728. The molecule has 0 saturated heterocycles. The molecule has 0 atom stereocenters. The minimum absolute atomic E-state index is 0.182. The monoisotopic (exact) mass is 400 g/mol. The van der Waals surface area contributed by atoms with Crippen LogP contribution in [0.15, 0.2) is 36.4 Å². The van der Waals surface area contributed by atoms with Gasteiger partial charge in [0.2, 0.25) is 5.95 Å². The molecule has 9 nitrogen and oxygen atoms in total. The number of rotatable bonds is 6. The number of carbonyl (C=O) groups excluding carboxylic acids is 2. The molecule has 3 N–H and O–H groups in total. The second-order valence-electron chi connectivity index (χ2n) is 7.49. The van der Waals surface area contributed by atoms with E-state index in [4.69, 9.17) is 4.74 Å². The van der Waals surface area contributed by atoms with Gasteiger partial charge < -0.3 is 20.3 Å². The Labute approximate surface area is 170 Å². The highest BCUT2D eigenvalue weighted by atomic mass is 16.6. The SMILES string of the molecule is Cc1cc(NCCN(C)C(=O)OC(C)(C)C)nc(NC(=O)Nc2ccccc2)n1. The van der Waals surface area contributed by atoms with Gasteiger partial charge in [-0.25, -0.2) is 14.6 Å². The molecule has 0 aliphatic heterocycles. The zero-order valence-corrected chi connectivity index (χ0v) is 17.4. The molecule has 1 aromatic carbocycles. The van der Waals surface area contributed by atoms with Gasteiger partial charge in [0.1, 0.15) is 11.4 Å². The molecule has 1 heterocycles. The zero-order chi connectivity index (χ0) is 21.4. The van der Waals surface area contributed by atoms with Gasteiger partial charge in [0.25, 0.3) is 0 Å². The van der Waals surface area contributed by atoms with Gasteiger partial charge in [0, 0.05) is 37.6 Å². The van der Waals surface area contributed by atoms with E-state index in [1.807, 2.05) is 39.0 Å². The average Bonchev–Trinajstić information content (AvgIpc) is 2.60. The quantitative estimate of drug-likeness (QED) is 0.682.